The van der Waals surface area contributed by atoms with E-state index in [1.807, 2.05) is 35.7 Å². The summed E-state index contributed by atoms with van der Waals surface area (Å²) in [5, 5.41) is 5.35. The van der Waals surface area contributed by atoms with Gasteiger partial charge in [0.1, 0.15) is 18.0 Å². The Morgan fingerprint density at radius 1 is 1.10 bits per heavy atom. The van der Waals surface area contributed by atoms with Gasteiger partial charge in [-0.3, -0.25) is 9.37 Å². The molecule has 0 aliphatic rings. The van der Waals surface area contributed by atoms with Crippen molar-refractivity contribution in [3.63, 3.8) is 0 Å². The minimum Gasteiger partial charge on any atom is -0.367 e. The van der Waals surface area contributed by atoms with Gasteiger partial charge in [-0.15, -0.1) is 11.3 Å². The third kappa shape index (κ3) is 5.23. The number of hydrogen-bond acceptors (Lipinski definition) is 6. The van der Waals surface area contributed by atoms with E-state index in [1.165, 1.54) is 16.9 Å². The topological polar surface area (TPSA) is 76.7 Å². The van der Waals surface area contributed by atoms with Crippen LogP contribution in [0.15, 0.2) is 60.2 Å². The highest BCUT2D eigenvalue weighted by molar-refractivity contribution is 7.18. The molecule has 1 unspecified atom stereocenters. The number of halogens is 1. The molecule has 5 nitrogen and oxygen atoms in total. The minimum absolute atomic E-state index is 0.0689. The Morgan fingerprint density at radius 3 is 2.68 bits per heavy atom. The molecule has 0 amide bonds. The van der Waals surface area contributed by atoms with Crippen LogP contribution < -0.4 is 11.1 Å². The third-order valence-electron chi connectivity index (χ3n) is 4.67. The predicted molar refractivity (Wildman–Crippen MR) is 125 cm³/mol. The first-order chi connectivity index (χ1) is 15.2. The van der Waals surface area contributed by atoms with Crippen LogP contribution in [0.4, 0.5) is 10.2 Å². The van der Waals surface area contributed by atoms with Crippen molar-refractivity contribution in [2.24, 2.45) is 5.73 Å². The van der Waals surface area contributed by atoms with Gasteiger partial charge in [0.2, 0.25) is 0 Å². The number of nitrogens with two attached hydrogens (primary N) is 1. The molecule has 7 heteroatoms. The highest BCUT2D eigenvalue weighted by Gasteiger charge is 2.15. The normalized spacial score (nSPS) is 11.7. The quantitative estimate of drug-likeness (QED) is 0.423. The lowest BCUT2D eigenvalue weighted by molar-refractivity contribution is 0.505. The van der Waals surface area contributed by atoms with Crippen molar-refractivity contribution < 1.29 is 4.39 Å². The largest absolute Gasteiger partial charge is 0.367 e. The number of benzene rings is 1. The van der Waals surface area contributed by atoms with E-state index >= 15 is 0 Å². The van der Waals surface area contributed by atoms with Crippen molar-refractivity contribution in [1.29, 1.82) is 0 Å². The van der Waals surface area contributed by atoms with Gasteiger partial charge in [0.15, 0.2) is 5.82 Å². The average molecular weight is 432 g/mol. The molecule has 0 saturated heterocycles. The van der Waals surface area contributed by atoms with Crippen LogP contribution in [0.5, 0.6) is 0 Å². The highest BCUT2D eigenvalue weighted by atomic mass is 32.1. The first-order valence-corrected chi connectivity index (χ1v) is 10.9. The van der Waals surface area contributed by atoms with Gasteiger partial charge >= 0.3 is 0 Å². The van der Waals surface area contributed by atoms with Crippen LogP contribution in [0.2, 0.25) is 0 Å². The standard InChI is InChI=1S/C24H22FN5S/c25-11-5-4-8-19-16-31-22-21(19)29-23(18-9-12-27-13-10-18)30-24(22)28-15-20(26)14-17-6-2-1-3-7-17/h1-3,6-7,9-10,12-13,16,20H,5,11,14-15,26H2,(H,28,29,30). The Labute approximate surface area is 184 Å². The molecule has 4 aromatic rings. The summed E-state index contributed by atoms with van der Waals surface area (Å²) in [5.74, 6) is 7.20. The molecule has 0 aliphatic carbocycles. The smallest absolute Gasteiger partial charge is 0.162 e. The number of anilines is 1. The van der Waals surface area contributed by atoms with Gasteiger partial charge in [-0.1, -0.05) is 42.2 Å². The van der Waals surface area contributed by atoms with Crippen molar-refractivity contribution in [3.05, 3.63) is 71.4 Å². The average Bonchev–Trinajstić information content (AvgIpc) is 3.22. The molecule has 156 valence electrons. The monoisotopic (exact) mass is 431 g/mol. The molecule has 0 spiro atoms. The lowest BCUT2D eigenvalue weighted by Gasteiger charge is -2.14. The van der Waals surface area contributed by atoms with Gasteiger partial charge in [-0.05, 0) is 24.1 Å². The number of pyridine rings is 1. The summed E-state index contributed by atoms with van der Waals surface area (Å²) in [5.41, 5.74) is 9.97. The van der Waals surface area contributed by atoms with Gasteiger partial charge in [-0.2, -0.15) is 0 Å². The molecule has 0 fully saturated rings. The van der Waals surface area contributed by atoms with Crippen molar-refractivity contribution in [1.82, 2.24) is 15.0 Å². The first-order valence-electron chi connectivity index (χ1n) is 10.0. The predicted octanol–water partition coefficient (Wildman–Crippen LogP) is 4.45. The van der Waals surface area contributed by atoms with Crippen LogP contribution >= 0.6 is 11.3 Å². The number of thiophene rings is 1. The molecule has 1 atom stereocenters. The van der Waals surface area contributed by atoms with Crippen LogP contribution in [0.25, 0.3) is 21.6 Å². The fourth-order valence-electron chi connectivity index (χ4n) is 3.18. The molecule has 0 aliphatic heterocycles. The van der Waals surface area contributed by atoms with Crippen molar-refractivity contribution >= 4 is 27.4 Å². The van der Waals surface area contributed by atoms with Crippen LogP contribution in [-0.4, -0.2) is 34.2 Å². The molecular formula is C24H22FN5S. The van der Waals surface area contributed by atoms with Gasteiger partial charge in [0.05, 0.1) is 10.3 Å². The maximum atomic E-state index is 12.5. The van der Waals surface area contributed by atoms with Gasteiger partial charge in [0, 0.05) is 42.3 Å². The first kappa shape index (κ1) is 20.9. The van der Waals surface area contributed by atoms with Gasteiger partial charge in [-0.25, -0.2) is 9.97 Å². The van der Waals surface area contributed by atoms with Crippen molar-refractivity contribution in [2.75, 3.05) is 18.5 Å². The van der Waals surface area contributed by atoms with E-state index in [0.717, 1.165) is 33.6 Å². The summed E-state index contributed by atoms with van der Waals surface area (Å²) in [6.45, 7) is 0.107. The summed E-state index contributed by atoms with van der Waals surface area (Å²) < 4.78 is 13.4. The number of nitrogens with one attached hydrogen (secondary N) is 1. The van der Waals surface area contributed by atoms with Crippen LogP contribution in [0.1, 0.15) is 17.5 Å². The molecule has 4 rings (SSSR count). The van der Waals surface area contributed by atoms with Crippen molar-refractivity contribution in [3.8, 4) is 23.2 Å². The SMILES string of the molecule is NC(CNc1nc(-c2ccncc2)nc2c(C#CCCF)csc12)Cc1ccccc1. The van der Waals surface area contributed by atoms with E-state index in [-0.39, 0.29) is 12.5 Å². The highest BCUT2D eigenvalue weighted by Crippen LogP contribution is 2.32. The van der Waals surface area contributed by atoms with E-state index in [2.05, 4.69) is 34.3 Å². The lowest BCUT2D eigenvalue weighted by atomic mass is 10.1. The second-order valence-corrected chi connectivity index (χ2v) is 7.91. The summed E-state index contributed by atoms with van der Waals surface area (Å²) >= 11 is 1.52. The Bertz CT molecular complexity index is 1200. The summed E-state index contributed by atoms with van der Waals surface area (Å²) in [4.78, 5) is 13.6. The molecule has 1 aromatic carbocycles. The fourth-order valence-corrected chi connectivity index (χ4v) is 4.08. The number of hydrogen-bond donors (Lipinski definition) is 2. The Morgan fingerprint density at radius 2 is 1.90 bits per heavy atom. The molecule has 0 saturated carbocycles. The Balaban J connectivity index is 1.64. The van der Waals surface area contributed by atoms with Gasteiger partial charge < -0.3 is 11.1 Å². The zero-order valence-corrected chi connectivity index (χ0v) is 17.7. The van der Waals surface area contributed by atoms with Crippen molar-refractivity contribution in [2.45, 2.75) is 18.9 Å². The van der Waals surface area contributed by atoms with E-state index < -0.39 is 6.67 Å². The fraction of sp³-hybridized carbons (Fsp3) is 0.208. The van der Waals surface area contributed by atoms with Crippen LogP contribution in [-0.2, 0) is 6.42 Å². The van der Waals surface area contributed by atoms with E-state index in [4.69, 9.17) is 15.7 Å². The lowest BCUT2D eigenvalue weighted by Crippen LogP contribution is -2.31. The summed E-state index contributed by atoms with van der Waals surface area (Å²) in [7, 11) is 0. The minimum atomic E-state index is -0.460. The maximum Gasteiger partial charge on any atom is 0.162 e. The number of aromatic nitrogens is 3. The maximum absolute atomic E-state index is 12.5. The number of rotatable bonds is 7. The molecular weight excluding hydrogens is 409 g/mol. The van der Waals surface area contributed by atoms with E-state index in [9.17, 15) is 4.39 Å². The van der Waals surface area contributed by atoms with Crippen LogP contribution in [0.3, 0.4) is 0 Å². The Kier molecular flexibility index (Phi) is 6.82. The van der Waals surface area contributed by atoms with E-state index in [0.29, 0.717) is 12.4 Å². The summed E-state index contributed by atoms with van der Waals surface area (Å²) in [6.07, 6.45) is 4.39. The second-order valence-electron chi connectivity index (χ2n) is 7.03. The molecule has 3 aromatic heterocycles. The molecule has 3 heterocycles. The summed E-state index contributed by atoms with van der Waals surface area (Å²) in [6, 6.07) is 13.8. The number of nitrogens with zero attached hydrogens (tertiary/aromatic N) is 3. The molecule has 0 radical (unpaired) electrons. The van der Waals surface area contributed by atoms with E-state index in [1.54, 1.807) is 12.4 Å². The molecule has 0 bridgehead atoms. The Hall–Kier alpha value is -3.34. The number of fused-ring (bicyclic) bond motifs is 1. The zero-order valence-electron chi connectivity index (χ0n) is 16.9. The van der Waals surface area contributed by atoms with Gasteiger partial charge in [0.25, 0.3) is 0 Å². The zero-order chi connectivity index (χ0) is 21.5. The second kappa shape index (κ2) is 10.1. The molecule has 31 heavy (non-hydrogen) atoms. The third-order valence-corrected chi connectivity index (χ3v) is 5.64. The van der Waals surface area contributed by atoms with Crippen LogP contribution in [0, 0.1) is 11.8 Å². The molecule has 3 N–H and O–H groups in total. The number of alkyl halides is 1.